The van der Waals surface area contributed by atoms with E-state index in [-0.39, 0.29) is 18.0 Å². The van der Waals surface area contributed by atoms with Gasteiger partial charge in [0.1, 0.15) is 5.75 Å². The highest BCUT2D eigenvalue weighted by Gasteiger charge is 2.26. The molecular formula is C22H29N3O2. The molecule has 1 saturated heterocycles. The van der Waals surface area contributed by atoms with E-state index >= 15 is 0 Å². The number of carbonyl (C=O) groups excluding carboxylic acids is 1. The predicted molar refractivity (Wildman–Crippen MR) is 109 cm³/mol. The molecule has 1 aliphatic rings. The summed E-state index contributed by atoms with van der Waals surface area (Å²) in [4.78, 5) is 17.3. The molecule has 0 saturated carbocycles. The Kier molecular flexibility index (Phi) is 6.35. The van der Waals surface area contributed by atoms with Crippen LogP contribution in [0, 0.1) is 0 Å². The molecule has 0 radical (unpaired) electrons. The Bertz CT molecular complexity index is 725. The predicted octanol–water partition coefficient (Wildman–Crippen LogP) is 3.08. The number of hydrogen-bond donors (Lipinski definition) is 1. The van der Waals surface area contributed by atoms with Gasteiger partial charge in [0.2, 0.25) is 5.91 Å². The van der Waals surface area contributed by atoms with Crippen LogP contribution in [0.4, 0.5) is 5.69 Å². The first-order chi connectivity index (χ1) is 13.1. The Morgan fingerprint density at radius 1 is 0.963 bits per heavy atom. The Morgan fingerprint density at radius 2 is 1.59 bits per heavy atom. The van der Waals surface area contributed by atoms with Crippen LogP contribution in [0.15, 0.2) is 54.6 Å². The Hall–Kier alpha value is -2.53. The van der Waals surface area contributed by atoms with E-state index in [0.717, 1.165) is 37.5 Å². The molecule has 0 spiro atoms. The number of nitrogens with zero attached hydrogens (tertiary/aromatic N) is 2. The fraction of sp³-hybridized carbons (Fsp3) is 0.409. The lowest BCUT2D eigenvalue weighted by Crippen LogP contribution is -2.54. The van der Waals surface area contributed by atoms with E-state index in [9.17, 15) is 4.79 Å². The van der Waals surface area contributed by atoms with E-state index in [4.69, 9.17) is 4.74 Å². The monoisotopic (exact) mass is 367 g/mol. The highest BCUT2D eigenvalue weighted by molar-refractivity contribution is 5.81. The maximum Gasteiger partial charge on any atom is 0.237 e. The smallest absolute Gasteiger partial charge is 0.237 e. The molecule has 0 bridgehead atoms. The first-order valence-electron chi connectivity index (χ1n) is 9.57. The number of benzene rings is 2. The maximum absolute atomic E-state index is 12.7. The Labute approximate surface area is 161 Å². The van der Waals surface area contributed by atoms with Crippen molar-refractivity contribution in [2.24, 2.45) is 0 Å². The molecule has 1 amide bonds. The molecule has 144 valence electrons. The third-order valence-corrected chi connectivity index (χ3v) is 5.34. The van der Waals surface area contributed by atoms with Crippen LogP contribution in [-0.2, 0) is 4.79 Å². The van der Waals surface area contributed by atoms with E-state index in [1.165, 1.54) is 5.69 Å². The summed E-state index contributed by atoms with van der Waals surface area (Å²) in [5, 5.41) is 3.14. The zero-order valence-corrected chi connectivity index (χ0v) is 16.4. The molecule has 1 heterocycles. The first kappa shape index (κ1) is 19.2. The average molecular weight is 367 g/mol. The highest BCUT2D eigenvalue weighted by atomic mass is 16.5. The Balaban J connectivity index is 1.51. The highest BCUT2D eigenvalue weighted by Crippen LogP contribution is 2.21. The third-order valence-electron chi connectivity index (χ3n) is 5.34. The van der Waals surface area contributed by atoms with E-state index < -0.39 is 0 Å². The van der Waals surface area contributed by atoms with Crippen molar-refractivity contribution in [2.45, 2.75) is 25.9 Å². The van der Waals surface area contributed by atoms with Gasteiger partial charge in [0.05, 0.1) is 19.2 Å². The van der Waals surface area contributed by atoms with Crippen LogP contribution in [-0.4, -0.2) is 50.1 Å². The van der Waals surface area contributed by atoms with Crippen LogP contribution in [0.2, 0.25) is 0 Å². The number of anilines is 1. The van der Waals surface area contributed by atoms with Crippen molar-refractivity contribution in [3.05, 3.63) is 60.2 Å². The topological polar surface area (TPSA) is 44.8 Å². The van der Waals surface area contributed by atoms with Crippen molar-refractivity contribution >= 4 is 11.6 Å². The van der Waals surface area contributed by atoms with Crippen molar-refractivity contribution in [1.82, 2.24) is 10.2 Å². The van der Waals surface area contributed by atoms with Gasteiger partial charge in [-0.05, 0) is 43.7 Å². The van der Waals surface area contributed by atoms with Gasteiger partial charge in [-0.15, -0.1) is 0 Å². The summed E-state index contributed by atoms with van der Waals surface area (Å²) in [6.07, 6.45) is 0. The van der Waals surface area contributed by atoms with Gasteiger partial charge in [0.15, 0.2) is 0 Å². The second-order valence-corrected chi connectivity index (χ2v) is 7.04. The normalized spacial score (nSPS) is 17.2. The Morgan fingerprint density at radius 3 is 2.19 bits per heavy atom. The minimum atomic E-state index is -0.130. The number of methoxy groups -OCH3 is 1. The molecule has 2 atom stereocenters. The number of nitrogens with one attached hydrogen (secondary N) is 1. The van der Waals surface area contributed by atoms with Crippen LogP contribution >= 0.6 is 0 Å². The molecule has 1 N–H and O–H groups in total. The van der Waals surface area contributed by atoms with Crippen molar-refractivity contribution < 1.29 is 9.53 Å². The average Bonchev–Trinajstić information content (AvgIpc) is 2.74. The quantitative estimate of drug-likeness (QED) is 0.852. The van der Waals surface area contributed by atoms with E-state index in [0.29, 0.717) is 0 Å². The molecule has 5 nitrogen and oxygen atoms in total. The van der Waals surface area contributed by atoms with Crippen LogP contribution in [0.3, 0.4) is 0 Å². The minimum Gasteiger partial charge on any atom is -0.497 e. The molecule has 5 heteroatoms. The molecule has 2 aromatic carbocycles. The van der Waals surface area contributed by atoms with Gasteiger partial charge in [-0.25, -0.2) is 0 Å². The molecule has 3 rings (SSSR count). The summed E-state index contributed by atoms with van der Waals surface area (Å²) < 4.78 is 5.22. The molecule has 1 aliphatic heterocycles. The van der Waals surface area contributed by atoms with Gasteiger partial charge in [-0.2, -0.15) is 0 Å². The number of piperazine rings is 1. The number of carbonyl (C=O) groups is 1. The zero-order valence-electron chi connectivity index (χ0n) is 16.4. The largest absolute Gasteiger partial charge is 0.497 e. The SMILES string of the molecule is COc1ccc(N2CCN([C@@H](C)C(=O)N[C@@H](C)c3ccccc3)CC2)cc1. The van der Waals surface area contributed by atoms with Crippen LogP contribution < -0.4 is 15.0 Å². The van der Waals surface area contributed by atoms with Gasteiger partial charge < -0.3 is 15.0 Å². The van der Waals surface area contributed by atoms with Crippen LogP contribution in [0.5, 0.6) is 5.75 Å². The van der Waals surface area contributed by atoms with Gasteiger partial charge in [-0.3, -0.25) is 9.69 Å². The summed E-state index contributed by atoms with van der Waals surface area (Å²) in [5.74, 6) is 0.958. The number of amides is 1. The van der Waals surface area contributed by atoms with Crippen molar-refractivity contribution in [3.8, 4) is 5.75 Å². The molecule has 0 aliphatic carbocycles. The minimum absolute atomic E-state index is 0.0155. The first-order valence-corrected chi connectivity index (χ1v) is 9.57. The molecule has 27 heavy (non-hydrogen) atoms. The summed E-state index contributed by atoms with van der Waals surface area (Å²) in [6.45, 7) is 7.61. The van der Waals surface area contributed by atoms with Gasteiger partial charge in [0, 0.05) is 31.9 Å². The second kappa shape index (κ2) is 8.91. The number of rotatable bonds is 6. The second-order valence-electron chi connectivity index (χ2n) is 7.04. The van der Waals surface area contributed by atoms with Gasteiger partial charge in [0.25, 0.3) is 0 Å². The molecule has 1 fully saturated rings. The van der Waals surface area contributed by atoms with Crippen LogP contribution in [0.1, 0.15) is 25.5 Å². The number of ether oxygens (including phenoxy) is 1. The van der Waals surface area contributed by atoms with E-state index in [2.05, 4.69) is 27.2 Å². The van der Waals surface area contributed by atoms with Crippen molar-refractivity contribution in [1.29, 1.82) is 0 Å². The van der Waals surface area contributed by atoms with E-state index in [1.807, 2.05) is 56.3 Å². The van der Waals surface area contributed by atoms with E-state index in [1.54, 1.807) is 7.11 Å². The summed E-state index contributed by atoms with van der Waals surface area (Å²) >= 11 is 0. The molecule has 0 aromatic heterocycles. The molecule has 2 aromatic rings. The summed E-state index contributed by atoms with van der Waals surface area (Å²) in [7, 11) is 1.68. The lowest BCUT2D eigenvalue weighted by Gasteiger charge is -2.38. The van der Waals surface area contributed by atoms with Crippen molar-refractivity contribution in [3.63, 3.8) is 0 Å². The summed E-state index contributed by atoms with van der Waals surface area (Å²) in [5.41, 5.74) is 2.33. The standard InChI is InChI=1S/C22H29N3O2/c1-17(19-7-5-4-6-8-19)23-22(26)18(2)24-13-15-25(16-14-24)20-9-11-21(27-3)12-10-20/h4-12,17-18H,13-16H2,1-3H3,(H,23,26)/t17-,18-/m0/s1. The van der Waals surface area contributed by atoms with Gasteiger partial charge in [-0.1, -0.05) is 30.3 Å². The zero-order chi connectivity index (χ0) is 19.2. The maximum atomic E-state index is 12.7. The fourth-order valence-electron chi connectivity index (χ4n) is 3.49. The fourth-order valence-corrected chi connectivity index (χ4v) is 3.49. The lowest BCUT2D eigenvalue weighted by molar-refractivity contribution is -0.126. The van der Waals surface area contributed by atoms with Crippen LogP contribution in [0.25, 0.3) is 0 Å². The number of hydrogen-bond acceptors (Lipinski definition) is 4. The van der Waals surface area contributed by atoms with Crippen molar-refractivity contribution in [2.75, 3.05) is 38.2 Å². The summed E-state index contributed by atoms with van der Waals surface area (Å²) in [6, 6.07) is 18.1. The third kappa shape index (κ3) is 4.80. The van der Waals surface area contributed by atoms with Gasteiger partial charge >= 0.3 is 0 Å². The molecule has 0 unspecified atom stereocenters. The molecular weight excluding hydrogens is 338 g/mol. The lowest BCUT2D eigenvalue weighted by atomic mass is 10.1.